The molecule has 1 aromatic rings. The molecule has 96 valence electrons. The first-order valence-electron chi connectivity index (χ1n) is 6.75. The summed E-state index contributed by atoms with van der Waals surface area (Å²) in [5.74, 6) is 1.74. The summed E-state index contributed by atoms with van der Waals surface area (Å²) in [7, 11) is 0. The minimum atomic E-state index is 0.112. The van der Waals surface area contributed by atoms with Crippen LogP contribution < -0.4 is 10.1 Å². The summed E-state index contributed by atoms with van der Waals surface area (Å²) < 4.78 is 5.68. The van der Waals surface area contributed by atoms with Crippen molar-refractivity contribution in [2.45, 2.75) is 25.9 Å². The van der Waals surface area contributed by atoms with E-state index >= 15 is 0 Å². The number of carbonyl (C=O) groups is 1. The fourth-order valence-corrected chi connectivity index (χ4v) is 2.22. The van der Waals surface area contributed by atoms with Crippen molar-refractivity contribution in [3.63, 3.8) is 0 Å². The van der Waals surface area contributed by atoms with Crippen LogP contribution in [0.2, 0.25) is 0 Å². The Hall–Kier alpha value is -1.35. The molecule has 1 N–H and O–H groups in total. The van der Waals surface area contributed by atoms with Crippen molar-refractivity contribution in [1.29, 1.82) is 0 Å². The van der Waals surface area contributed by atoms with Gasteiger partial charge in [0.1, 0.15) is 5.75 Å². The average molecular weight is 245 g/mol. The van der Waals surface area contributed by atoms with Gasteiger partial charge in [-0.05, 0) is 56.1 Å². The third-order valence-electron chi connectivity index (χ3n) is 3.90. The van der Waals surface area contributed by atoms with Crippen LogP contribution >= 0.6 is 0 Å². The van der Waals surface area contributed by atoms with Gasteiger partial charge < -0.3 is 10.1 Å². The first-order valence-corrected chi connectivity index (χ1v) is 6.75. The molecule has 1 saturated heterocycles. The summed E-state index contributed by atoms with van der Waals surface area (Å²) in [5.41, 5.74) is 0.803. The Morgan fingerprint density at radius 1 is 1.28 bits per heavy atom. The van der Waals surface area contributed by atoms with Crippen LogP contribution in [0.25, 0.3) is 0 Å². The molecule has 2 fully saturated rings. The average Bonchev–Trinajstić information content (AvgIpc) is 3.11. The van der Waals surface area contributed by atoms with Gasteiger partial charge in [-0.2, -0.15) is 0 Å². The number of ketones is 1. The maximum atomic E-state index is 12.3. The fraction of sp³-hybridized carbons (Fsp3) is 0.533. The van der Waals surface area contributed by atoms with Crippen LogP contribution in [0, 0.1) is 11.8 Å². The molecular formula is C15H19NO2. The molecule has 0 bridgehead atoms. The van der Waals surface area contributed by atoms with E-state index in [1.54, 1.807) is 0 Å². The normalized spacial score (nSPS) is 21.2. The Balaban J connectivity index is 1.65. The topological polar surface area (TPSA) is 38.3 Å². The zero-order chi connectivity index (χ0) is 12.5. The molecule has 2 aliphatic rings. The molecule has 18 heavy (non-hydrogen) atoms. The predicted molar refractivity (Wildman–Crippen MR) is 69.9 cm³/mol. The van der Waals surface area contributed by atoms with Gasteiger partial charge in [0.05, 0.1) is 6.10 Å². The van der Waals surface area contributed by atoms with Crippen LogP contribution in [-0.2, 0) is 0 Å². The van der Waals surface area contributed by atoms with E-state index in [1.807, 2.05) is 31.2 Å². The highest BCUT2D eigenvalue weighted by molar-refractivity contribution is 5.98. The number of Topliss-reactive ketones (excluding diaryl/α,β-unsaturated/α-hetero) is 1. The van der Waals surface area contributed by atoms with Gasteiger partial charge in [-0.25, -0.2) is 0 Å². The van der Waals surface area contributed by atoms with Crippen molar-refractivity contribution < 1.29 is 9.53 Å². The maximum absolute atomic E-state index is 12.3. The summed E-state index contributed by atoms with van der Waals surface area (Å²) in [6, 6.07) is 7.61. The molecular weight excluding hydrogens is 226 g/mol. The molecule has 0 amide bonds. The van der Waals surface area contributed by atoms with Crippen molar-refractivity contribution in [2.75, 3.05) is 13.1 Å². The van der Waals surface area contributed by atoms with Crippen LogP contribution in [-0.4, -0.2) is 25.0 Å². The highest BCUT2D eigenvalue weighted by atomic mass is 16.5. The van der Waals surface area contributed by atoms with Crippen molar-refractivity contribution in [3.05, 3.63) is 29.8 Å². The van der Waals surface area contributed by atoms with Crippen LogP contribution in [0.15, 0.2) is 24.3 Å². The molecule has 3 rings (SSSR count). The molecule has 0 aromatic heterocycles. The second-order valence-corrected chi connectivity index (χ2v) is 5.41. The molecule has 1 aromatic carbocycles. The summed E-state index contributed by atoms with van der Waals surface area (Å²) in [5, 5.41) is 3.21. The highest BCUT2D eigenvalue weighted by Gasteiger charge is 2.29. The number of hydrogen-bond donors (Lipinski definition) is 1. The van der Waals surface area contributed by atoms with Crippen LogP contribution in [0.3, 0.4) is 0 Å². The van der Waals surface area contributed by atoms with E-state index in [0.29, 0.717) is 12.0 Å². The minimum Gasteiger partial charge on any atom is -0.490 e. The Morgan fingerprint density at radius 2 is 1.94 bits per heavy atom. The van der Waals surface area contributed by atoms with Crippen molar-refractivity contribution >= 4 is 5.78 Å². The van der Waals surface area contributed by atoms with E-state index in [4.69, 9.17) is 4.74 Å². The first kappa shape index (κ1) is 11.7. The van der Waals surface area contributed by atoms with E-state index in [2.05, 4.69) is 5.32 Å². The van der Waals surface area contributed by atoms with Gasteiger partial charge in [-0.1, -0.05) is 6.92 Å². The number of benzene rings is 1. The second kappa shape index (κ2) is 4.73. The second-order valence-electron chi connectivity index (χ2n) is 5.41. The zero-order valence-electron chi connectivity index (χ0n) is 10.7. The van der Waals surface area contributed by atoms with Crippen LogP contribution in [0.5, 0.6) is 5.75 Å². The Kier molecular flexibility index (Phi) is 3.08. The largest absolute Gasteiger partial charge is 0.490 e. The number of hydrogen-bond acceptors (Lipinski definition) is 3. The maximum Gasteiger partial charge on any atom is 0.166 e. The Morgan fingerprint density at radius 3 is 2.44 bits per heavy atom. The lowest BCUT2D eigenvalue weighted by Crippen LogP contribution is -2.47. The van der Waals surface area contributed by atoms with Gasteiger partial charge in [-0.15, -0.1) is 0 Å². The number of ether oxygens (including phenoxy) is 1. The van der Waals surface area contributed by atoms with Gasteiger partial charge in [0.15, 0.2) is 5.78 Å². The van der Waals surface area contributed by atoms with Crippen molar-refractivity contribution in [1.82, 2.24) is 5.32 Å². The molecule has 1 unspecified atom stereocenters. The lowest BCUT2D eigenvalue weighted by atomic mass is 9.83. The number of carbonyl (C=O) groups excluding carboxylic acids is 1. The van der Waals surface area contributed by atoms with Gasteiger partial charge in [0.2, 0.25) is 0 Å². The van der Waals surface area contributed by atoms with Crippen molar-refractivity contribution in [2.24, 2.45) is 11.8 Å². The summed E-state index contributed by atoms with van der Waals surface area (Å²) in [4.78, 5) is 12.3. The Labute approximate surface area is 108 Å². The quantitative estimate of drug-likeness (QED) is 0.809. The summed E-state index contributed by atoms with van der Waals surface area (Å²) in [6.07, 6.45) is 2.73. The lowest BCUT2D eigenvalue weighted by Gasteiger charge is -2.31. The van der Waals surface area contributed by atoms with E-state index in [1.165, 1.54) is 0 Å². The molecule has 1 atom stereocenters. The third-order valence-corrected chi connectivity index (χ3v) is 3.90. The molecule has 1 heterocycles. The number of rotatable bonds is 5. The molecule has 0 spiro atoms. The first-order chi connectivity index (χ1) is 8.74. The SMILES string of the molecule is CC(C(=O)c1ccc(OC2CC2)cc1)C1CNC1. The fourth-order valence-electron chi connectivity index (χ4n) is 2.22. The molecule has 1 saturated carbocycles. The smallest absolute Gasteiger partial charge is 0.166 e. The molecule has 3 nitrogen and oxygen atoms in total. The molecule has 1 aliphatic carbocycles. The van der Waals surface area contributed by atoms with Crippen molar-refractivity contribution in [3.8, 4) is 5.75 Å². The lowest BCUT2D eigenvalue weighted by molar-refractivity contribution is 0.0854. The van der Waals surface area contributed by atoms with Crippen LogP contribution in [0.4, 0.5) is 0 Å². The van der Waals surface area contributed by atoms with Gasteiger partial charge in [-0.3, -0.25) is 4.79 Å². The van der Waals surface area contributed by atoms with Gasteiger partial charge >= 0.3 is 0 Å². The summed E-state index contributed by atoms with van der Waals surface area (Å²) in [6.45, 7) is 3.97. The van der Waals surface area contributed by atoms with E-state index in [0.717, 1.165) is 37.2 Å². The molecule has 3 heteroatoms. The standard InChI is InChI=1S/C15H19NO2/c1-10(12-8-16-9-12)15(17)11-2-4-13(5-3-11)18-14-6-7-14/h2-5,10,12,14,16H,6-9H2,1H3. The van der Waals surface area contributed by atoms with Gasteiger partial charge in [0, 0.05) is 11.5 Å². The Bertz CT molecular complexity index is 432. The third kappa shape index (κ3) is 2.41. The highest BCUT2D eigenvalue weighted by Crippen LogP contribution is 2.27. The van der Waals surface area contributed by atoms with Gasteiger partial charge in [0.25, 0.3) is 0 Å². The monoisotopic (exact) mass is 245 g/mol. The number of nitrogens with one attached hydrogen (secondary N) is 1. The predicted octanol–water partition coefficient (Wildman–Crippen LogP) is 2.27. The van der Waals surface area contributed by atoms with E-state index < -0.39 is 0 Å². The van der Waals surface area contributed by atoms with E-state index in [-0.39, 0.29) is 11.7 Å². The molecule has 0 radical (unpaired) electrons. The van der Waals surface area contributed by atoms with Crippen LogP contribution in [0.1, 0.15) is 30.1 Å². The summed E-state index contributed by atoms with van der Waals surface area (Å²) >= 11 is 0. The molecule has 1 aliphatic heterocycles. The minimum absolute atomic E-state index is 0.112. The van der Waals surface area contributed by atoms with E-state index in [9.17, 15) is 4.79 Å². The zero-order valence-corrected chi connectivity index (χ0v) is 10.7.